The molecule has 0 bridgehead atoms. The first-order valence-corrected chi connectivity index (χ1v) is 15.5. The minimum Gasteiger partial charge on any atom is -0.493 e. The van der Waals surface area contributed by atoms with Crippen LogP contribution in [0.4, 0.5) is 5.82 Å². The number of nitrogens with one attached hydrogen (secondary N) is 1. The molecule has 2 N–H and O–H groups in total. The number of nitriles is 1. The van der Waals surface area contributed by atoms with Crippen LogP contribution in [-0.4, -0.2) is 71.5 Å². The minimum atomic E-state index is -0.284. The van der Waals surface area contributed by atoms with Crippen LogP contribution in [0.5, 0.6) is 5.75 Å². The fraction of sp³-hybridized carbons (Fsp3) is 0.485. The Kier molecular flexibility index (Phi) is 8.37. The first-order chi connectivity index (χ1) is 20.4. The van der Waals surface area contributed by atoms with Crippen LogP contribution >= 0.6 is 11.6 Å². The molecular formula is C33H39ClN6O2. The van der Waals surface area contributed by atoms with Crippen molar-refractivity contribution in [1.82, 2.24) is 20.2 Å². The van der Waals surface area contributed by atoms with Crippen molar-refractivity contribution in [2.24, 2.45) is 5.92 Å². The van der Waals surface area contributed by atoms with Crippen LogP contribution in [0.15, 0.2) is 48.7 Å². The highest BCUT2D eigenvalue weighted by atomic mass is 35.5. The van der Waals surface area contributed by atoms with E-state index in [4.69, 9.17) is 21.3 Å². The standard InChI is InChI=1S/C33H39ClN6O2/c1-3-23-18-40(32-22(15-35)13-24(34)16-37-32)12-11-33(23)21-39(19-25-14-26(41)17-36-25)20-30-28(33)9-10-29(38-30)27-7-5-6-8-31(27)42-4-2/h5-10,13,16,23,25-26,36,41H,3-4,11-12,14,17-21H2,1-2H3/t23-,25-,26+,33+/m1/s1. The van der Waals surface area contributed by atoms with Crippen LogP contribution in [0.3, 0.4) is 0 Å². The summed E-state index contributed by atoms with van der Waals surface area (Å²) in [5.74, 6) is 1.90. The molecule has 0 unspecified atom stereocenters. The monoisotopic (exact) mass is 586 g/mol. The first-order valence-electron chi connectivity index (χ1n) is 15.1. The molecule has 0 saturated carbocycles. The van der Waals surface area contributed by atoms with E-state index >= 15 is 0 Å². The number of hydrogen-bond acceptors (Lipinski definition) is 8. The molecule has 2 fully saturated rings. The fourth-order valence-electron chi connectivity index (χ4n) is 7.43. The number of halogens is 1. The van der Waals surface area contributed by atoms with Crippen LogP contribution in [0.2, 0.25) is 5.02 Å². The Morgan fingerprint density at radius 1 is 1.24 bits per heavy atom. The van der Waals surface area contributed by atoms with Crippen molar-refractivity contribution in [1.29, 1.82) is 5.26 Å². The van der Waals surface area contributed by atoms with Crippen molar-refractivity contribution >= 4 is 17.4 Å². The number of anilines is 1. The van der Waals surface area contributed by atoms with Crippen molar-refractivity contribution in [3.8, 4) is 23.1 Å². The quantitative estimate of drug-likeness (QED) is 0.408. The summed E-state index contributed by atoms with van der Waals surface area (Å²) in [6.07, 6.45) is 4.05. The van der Waals surface area contributed by atoms with Gasteiger partial charge >= 0.3 is 0 Å². The molecule has 4 atom stereocenters. The van der Waals surface area contributed by atoms with Crippen molar-refractivity contribution in [3.63, 3.8) is 0 Å². The van der Waals surface area contributed by atoms with Gasteiger partial charge in [-0.1, -0.05) is 43.1 Å². The largest absolute Gasteiger partial charge is 0.493 e. The number of rotatable bonds is 7. The highest BCUT2D eigenvalue weighted by molar-refractivity contribution is 6.30. The van der Waals surface area contributed by atoms with E-state index in [1.807, 2.05) is 25.1 Å². The van der Waals surface area contributed by atoms with E-state index < -0.39 is 0 Å². The number of para-hydroxylation sites is 1. The number of benzene rings is 1. The van der Waals surface area contributed by atoms with Crippen molar-refractivity contribution in [3.05, 3.63) is 70.5 Å². The number of β-amino-alcohol motifs (C(OH)–C–C–N with tert-alkyl or cyclic N) is 1. The molecule has 42 heavy (non-hydrogen) atoms. The van der Waals surface area contributed by atoms with Gasteiger partial charge in [-0.05, 0) is 55.5 Å². The summed E-state index contributed by atoms with van der Waals surface area (Å²) in [5.41, 5.74) is 4.83. The smallest absolute Gasteiger partial charge is 0.146 e. The van der Waals surface area contributed by atoms with Crippen molar-refractivity contribution < 1.29 is 9.84 Å². The molecular weight excluding hydrogens is 548 g/mol. The zero-order chi connectivity index (χ0) is 29.3. The number of aliphatic hydroxyl groups excluding tert-OH is 1. The van der Waals surface area contributed by atoms with Gasteiger partial charge in [-0.15, -0.1) is 0 Å². The molecule has 0 radical (unpaired) electrons. The van der Waals surface area contributed by atoms with Crippen molar-refractivity contribution in [2.45, 2.75) is 57.2 Å². The van der Waals surface area contributed by atoms with Gasteiger partial charge in [-0.25, -0.2) is 4.98 Å². The van der Waals surface area contributed by atoms with E-state index in [1.165, 1.54) is 5.56 Å². The maximum atomic E-state index is 10.2. The topological polar surface area (TPSA) is 97.5 Å². The SMILES string of the molecule is CCOc1ccccc1-c1ccc2c(n1)CN(C[C@H]1C[C@H](O)CN1)C[C@]21CCN(c2ncc(Cl)cc2C#N)C[C@H]1CC. The lowest BCUT2D eigenvalue weighted by atomic mass is 9.62. The molecule has 1 spiro atoms. The summed E-state index contributed by atoms with van der Waals surface area (Å²) in [7, 11) is 0. The number of ether oxygens (including phenoxy) is 1. The maximum Gasteiger partial charge on any atom is 0.146 e. The molecule has 2 saturated heterocycles. The summed E-state index contributed by atoms with van der Waals surface area (Å²) in [6.45, 7) is 9.71. The zero-order valence-electron chi connectivity index (χ0n) is 24.4. The molecule has 0 amide bonds. The van der Waals surface area contributed by atoms with Gasteiger partial charge < -0.3 is 20.1 Å². The Hall–Kier alpha value is -3.22. The van der Waals surface area contributed by atoms with Crippen LogP contribution in [-0.2, 0) is 12.0 Å². The van der Waals surface area contributed by atoms with Gasteiger partial charge in [0.1, 0.15) is 17.6 Å². The molecule has 3 aliphatic heterocycles. The number of aliphatic hydroxyl groups is 1. The number of piperidine rings is 1. The van der Waals surface area contributed by atoms with E-state index in [1.54, 1.807) is 12.3 Å². The van der Waals surface area contributed by atoms with Crippen LogP contribution in [0.25, 0.3) is 11.3 Å². The molecule has 9 heteroatoms. The van der Waals surface area contributed by atoms with Gasteiger partial charge in [0.25, 0.3) is 0 Å². The molecule has 1 aromatic carbocycles. The second-order valence-corrected chi connectivity index (χ2v) is 12.3. The van der Waals surface area contributed by atoms with E-state index in [0.29, 0.717) is 35.5 Å². The molecule has 6 rings (SSSR count). The lowest BCUT2D eigenvalue weighted by Crippen LogP contribution is -2.58. The van der Waals surface area contributed by atoms with Gasteiger partial charge in [-0.2, -0.15) is 5.26 Å². The third-order valence-corrected chi connectivity index (χ3v) is 9.53. The number of aromatic nitrogens is 2. The molecule has 3 aliphatic rings. The van der Waals surface area contributed by atoms with Crippen LogP contribution in [0.1, 0.15) is 49.9 Å². The van der Waals surface area contributed by atoms with E-state index in [-0.39, 0.29) is 17.6 Å². The van der Waals surface area contributed by atoms with Gasteiger partial charge in [0, 0.05) is 62.5 Å². The molecule has 220 valence electrons. The molecule has 8 nitrogen and oxygen atoms in total. The predicted molar refractivity (Wildman–Crippen MR) is 165 cm³/mol. The van der Waals surface area contributed by atoms with E-state index in [9.17, 15) is 10.4 Å². The minimum absolute atomic E-state index is 0.0831. The normalized spacial score (nSPS) is 25.8. The van der Waals surface area contributed by atoms with Gasteiger partial charge in [0.15, 0.2) is 0 Å². The second-order valence-electron chi connectivity index (χ2n) is 11.9. The first kappa shape index (κ1) is 28.9. The molecule has 2 aromatic heterocycles. The highest BCUT2D eigenvalue weighted by Crippen LogP contribution is 2.47. The lowest BCUT2D eigenvalue weighted by molar-refractivity contribution is 0.0950. The van der Waals surface area contributed by atoms with E-state index in [2.05, 4.69) is 51.3 Å². The van der Waals surface area contributed by atoms with Crippen LogP contribution in [0, 0.1) is 17.2 Å². The summed E-state index contributed by atoms with van der Waals surface area (Å²) >= 11 is 6.17. The Morgan fingerprint density at radius 3 is 2.86 bits per heavy atom. The lowest BCUT2D eigenvalue weighted by Gasteiger charge is -2.53. The third kappa shape index (κ3) is 5.47. The Balaban J connectivity index is 1.38. The summed E-state index contributed by atoms with van der Waals surface area (Å²) in [5, 5.41) is 24.0. The molecule has 3 aromatic rings. The Morgan fingerprint density at radius 2 is 2.10 bits per heavy atom. The zero-order valence-corrected chi connectivity index (χ0v) is 25.1. The Bertz CT molecular complexity index is 1480. The number of hydrogen-bond donors (Lipinski definition) is 2. The average molecular weight is 587 g/mol. The van der Waals surface area contributed by atoms with Crippen LogP contribution < -0.4 is 15.0 Å². The fourth-order valence-corrected chi connectivity index (χ4v) is 7.58. The van der Waals surface area contributed by atoms with Gasteiger partial charge in [0.05, 0.1) is 34.7 Å². The van der Waals surface area contributed by atoms with Gasteiger partial charge in [-0.3, -0.25) is 9.88 Å². The second kappa shape index (κ2) is 12.2. The summed E-state index contributed by atoms with van der Waals surface area (Å²) in [4.78, 5) is 14.7. The van der Waals surface area contributed by atoms with Crippen molar-refractivity contribution in [2.75, 3.05) is 44.2 Å². The number of fused-ring (bicyclic) bond motifs is 2. The maximum absolute atomic E-state index is 10.2. The molecule has 0 aliphatic carbocycles. The van der Waals surface area contributed by atoms with E-state index in [0.717, 1.165) is 74.7 Å². The highest BCUT2D eigenvalue weighted by Gasteiger charge is 2.49. The Labute approximate surface area is 253 Å². The molecule has 5 heterocycles. The average Bonchev–Trinajstić information content (AvgIpc) is 3.41. The summed E-state index contributed by atoms with van der Waals surface area (Å²) < 4.78 is 5.95. The number of nitrogens with zero attached hydrogens (tertiary/aromatic N) is 5. The third-order valence-electron chi connectivity index (χ3n) is 9.33. The van der Waals surface area contributed by atoms with Gasteiger partial charge in [0.2, 0.25) is 0 Å². The summed E-state index contributed by atoms with van der Waals surface area (Å²) in [6, 6.07) is 16.9. The predicted octanol–water partition coefficient (Wildman–Crippen LogP) is 4.78. The number of pyridine rings is 2.